The van der Waals surface area contributed by atoms with Crippen molar-refractivity contribution in [2.45, 2.75) is 38.6 Å². The Hall–Kier alpha value is -1.88. The average Bonchev–Trinajstić information content (AvgIpc) is 2.53. The van der Waals surface area contributed by atoms with Crippen LogP contribution in [-0.2, 0) is 9.59 Å². The van der Waals surface area contributed by atoms with E-state index in [2.05, 4.69) is 11.4 Å². The molecule has 2 rings (SSSR count). The molecule has 2 amide bonds. The molecule has 0 aromatic heterocycles. The Morgan fingerprint density at radius 3 is 2.46 bits per heavy atom. The number of likely N-dealkylation sites (N-methyl/N-ethyl adjacent to an activating group) is 1. The zero-order valence-corrected chi connectivity index (χ0v) is 14.9. The Kier molecular flexibility index (Phi) is 6.37. The molecule has 3 N–H and O–H groups in total. The highest BCUT2D eigenvalue weighted by Gasteiger charge is 2.27. The van der Waals surface area contributed by atoms with Crippen molar-refractivity contribution in [2.24, 2.45) is 17.6 Å². The zero-order chi connectivity index (χ0) is 17.7. The quantitative estimate of drug-likeness (QED) is 0.837. The number of rotatable bonds is 6. The fourth-order valence-corrected chi connectivity index (χ4v) is 3.52. The van der Waals surface area contributed by atoms with Gasteiger partial charge in [0.25, 0.3) is 0 Å². The van der Waals surface area contributed by atoms with Crippen LogP contribution in [0.3, 0.4) is 0 Å². The van der Waals surface area contributed by atoms with Crippen molar-refractivity contribution < 1.29 is 9.59 Å². The van der Waals surface area contributed by atoms with Gasteiger partial charge in [0, 0.05) is 12.5 Å². The van der Waals surface area contributed by atoms with Crippen molar-refractivity contribution in [3.05, 3.63) is 35.4 Å². The maximum Gasteiger partial charge on any atom is 0.241 e. The summed E-state index contributed by atoms with van der Waals surface area (Å²) in [6, 6.07) is 7.79. The number of primary amides is 1. The molecule has 1 fully saturated rings. The van der Waals surface area contributed by atoms with E-state index in [1.807, 2.05) is 44.1 Å². The molecule has 1 saturated carbocycles. The zero-order valence-electron chi connectivity index (χ0n) is 14.9. The molecule has 0 heterocycles. The van der Waals surface area contributed by atoms with Gasteiger partial charge in [-0.05, 0) is 58.2 Å². The summed E-state index contributed by atoms with van der Waals surface area (Å²) < 4.78 is 0. The van der Waals surface area contributed by atoms with Crippen LogP contribution in [0.4, 0.5) is 0 Å². The minimum absolute atomic E-state index is 0.0127. The lowest BCUT2D eigenvalue weighted by Crippen LogP contribution is -2.40. The highest BCUT2D eigenvalue weighted by Crippen LogP contribution is 2.28. The van der Waals surface area contributed by atoms with Crippen LogP contribution in [0.25, 0.3) is 0 Å². The van der Waals surface area contributed by atoms with E-state index < -0.39 is 0 Å². The van der Waals surface area contributed by atoms with Crippen LogP contribution >= 0.6 is 0 Å². The highest BCUT2D eigenvalue weighted by molar-refractivity contribution is 5.83. The second kappa shape index (κ2) is 8.29. The molecule has 0 radical (unpaired) electrons. The van der Waals surface area contributed by atoms with Crippen molar-refractivity contribution in [1.29, 1.82) is 0 Å². The van der Waals surface area contributed by atoms with Crippen molar-refractivity contribution >= 4 is 11.8 Å². The SMILES string of the molecule is Cc1cccc([C@@H](C(=O)NCC2CCC(C(N)=O)CC2)N(C)C)c1. The molecular weight excluding hydrogens is 302 g/mol. The predicted molar refractivity (Wildman–Crippen MR) is 95.3 cm³/mol. The summed E-state index contributed by atoms with van der Waals surface area (Å²) in [7, 11) is 3.84. The summed E-state index contributed by atoms with van der Waals surface area (Å²) in [5, 5.41) is 3.10. The fourth-order valence-electron chi connectivity index (χ4n) is 3.52. The van der Waals surface area contributed by atoms with Crippen LogP contribution < -0.4 is 11.1 Å². The number of carbonyl (C=O) groups excluding carboxylic acids is 2. The first-order chi connectivity index (χ1) is 11.4. The molecule has 0 saturated heterocycles. The average molecular weight is 331 g/mol. The second-order valence-corrected chi connectivity index (χ2v) is 7.15. The Morgan fingerprint density at radius 1 is 1.25 bits per heavy atom. The van der Waals surface area contributed by atoms with Gasteiger partial charge in [-0.1, -0.05) is 29.8 Å². The largest absolute Gasteiger partial charge is 0.369 e. The van der Waals surface area contributed by atoms with Gasteiger partial charge in [-0.25, -0.2) is 0 Å². The monoisotopic (exact) mass is 331 g/mol. The summed E-state index contributed by atoms with van der Waals surface area (Å²) in [5.74, 6) is 0.288. The lowest BCUT2D eigenvalue weighted by atomic mass is 9.81. The predicted octanol–water partition coefficient (Wildman–Crippen LogP) is 2.01. The third-order valence-corrected chi connectivity index (χ3v) is 4.94. The molecule has 0 spiro atoms. The minimum Gasteiger partial charge on any atom is -0.369 e. The lowest BCUT2D eigenvalue weighted by molar-refractivity contribution is -0.126. The first kappa shape index (κ1) is 18.5. The second-order valence-electron chi connectivity index (χ2n) is 7.15. The molecule has 1 aliphatic carbocycles. The maximum absolute atomic E-state index is 12.7. The van der Waals surface area contributed by atoms with Gasteiger partial charge in [-0.15, -0.1) is 0 Å². The topological polar surface area (TPSA) is 75.4 Å². The third-order valence-electron chi connectivity index (χ3n) is 4.94. The summed E-state index contributed by atoms with van der Waals surface area (Å²) >= 11 is 0. The van der Waals surface area contributed by atoms with E-state index in [9.17, 15) is 9.59 Å². The van der Waals surface area contributed by atoms with Gasteiger partial charge in [0.15, 0.2) is 0 Å². The van der Waals surface area contributed by atoms with Gasteiger partial charge in [0.1, 0.15) is 6.04 Å². The summed E-state index contributed by atoms with van der Waals surface area (Å²) in [5.41, 5.74) is 7.53. The number of hydrogen-bond acceptors (Lipinski definition) is 3. The van der Waals surface area contributed by atoms with Crippen LogP contribution in [0.1, 0.15) is 42.9 Å². The van der Waals surface area contributed by atoms with E-state index in [0.717, 1.165) is 36.8 Å². The molecule has 1 aromatic rings. The minimum atomic E-state index is -0.285. The fraction of sp³-hybridized carbons (Fsp3) is 0.579. The summed E-state index contributed by atoms with van der Waals surface area (Å²) in [6.07, 6.45) is 3.58. The number of nitrogens with one attached hydrogen (secondary N) is 1. The third kappa shape index (κ3) is 4.81. The number of hydrogen-bond donors (Lipinski definition) is 2. The molecule has 1 atom stereocenters. The van der Waals surface area contributed by atoms with E-state index in [1.54, 1.807) is 0 Å². The smallest absolute Gasteiger partial charge is 0.241 e. The van der Waals surface area contributed by atoms with Gasteiger partial charge in [0.05, 0.1) is 0 Å². The molecule has 0 aliphatic heterocycles. The Morgan fingerprint density at radius 2 is 1.92 bits per heavy atom. The van der Waals surface area contributed by atoms with Crippen LogP contribution in [0.2, 0.25) is 0 Å². The van der Waals surface area contributed by atoms with Gasteiger partial charge in [0.2, 0.25) is 11.8 Å². The molecule has 1 aliphatic rings. The number of carbonyl (C=O) groups is 2. The molecule has 132 valence electrons. The number of nitrogens with zero attached hydrogens (tertiary/aromatic N) is 1. The van der Waals surface area contributed by atoms with Crippen LogP contribution in [0, 0.1) is 18.8 Å². The summed E-state index contributed by atoms with van der Waals surface area (Å²) in [4.78, 5) is 25.8. The van der Waals surface area contributed by atoms with Gasteiger partial charge >= 0.3 is 0 Å². The van der Waals surface area contributed by atoms with Crippen molar-refractivity contribution in [1.82, 2.24) is 10.2 Å². The highest BCUT2D eigenvalue weighted by atomic mass is 16.2. The Balaban J connectivity index is 1.91. The van der Waals surface area contributed by atoms with Gasteiger partial charge in [-0.3, -0.25) is 14.5 Å². The van der Waals surface area contributed by atoms with Gasteiger partial charge in [-0.2, -0.15) is 0 Å². The molecule has 24 heavy (non-hydrogen) atoms. The van der Waals surface area contributed by atoms with Crippen LogP contribution in [0.15, 0.2) is 24.3 Å². The summed E-state index contributed by atoms with van der Waals surface area (Å²) in [6.45, 7) is 2.70. The van der Waals surface area contributed by atoms with Crippen molar-refractivity contribution in [3.8, 4) is 0 Å². The van der Waals surface area contributed by atoms with Gasteiger partial charge < -0.3 is 11.1 Å². The first-order valence-corrected chi connectivity index (χ1v) is 8.68. The molecule has 0 bridgehead atoms. The Bertz CT molecular complexity index is 578. The number of aryl methyl sites for hydroxylation is 1. The Labute approximate surface area is 144 Å². The van der Waals surface area contributed by atoms with Crippen molar-refractivity contribution in [3.63, 3.8) is 0 Å². The molecule has 5 nitrogen and oxygen atoms in total. The number of nitrogens with two attached hydrogens (primary N) is 1. The van der Waals surface area contributed by atoms with Crippen LogP contribution in [-0.4, -0.2) is 37.4 Å². The normalized spacial score (nSPS) is 22.2. The standard InChI is InChI=1S/C19H29N3O2/c1-13-5-4-6-16(11-13)17(22(2)3)19(24)21-12-14-7-9-15(10-8-14)18(20)23/h4-6,11,14-15,17H,7-10,12H2,1-3H3,(H2,20,23)(H,21,24)/t14?,15?,17-/m0/s1. The molecular formula is C19H29N3O2. The van der Waals surface area contributed by atoms with E-state index >= 15 is 0 Å². The number of amides is 2. The van der Waals surface area contributed by atoms with E-state index in [1.165, 1.54) is 0 Å². The lowest BCUT2D eigenvalue weighted by Gasteiger charge is -2.29. The maximum atomic E-state index is 12.7. The van der Waals surface area contributed by atoms with E-state index in [4.69, 9.17) is 5.73 Å². The number of benzene rings is 1. The van der Waals surface area contributed by atoms with E-state index in [-0.39, 0.29) is 23.8 Å². The van der Waals surface area contributed by atoms with Crippen molar-refractivity contribution in [2.75, 3.05) is 20.6 Å². The molecule has 0 unspecified atom stereocenters. The molecule has 5 heteroatoms. The molecule has 1 aromatic carbocycles. The first-order valence-electron chi connectivity index (χ1n) is 8.68. The van der Waals surface area contributed by atoms with E-state index in [0.29, 0.717) is 12.5 Å². The van der Waals surface area contributed by atoms with Crippen LogP contribution in [0.5, 0.6) is 0 Å².